The number of aliphatic hydroxyl groups is 1. The number of carbonyl (C=O) groups is 1. The van der Waals surface area contributed by atoms with E-state index in [2.05, 4.69) is 0 Å². The lowest BCUT2D eigenvalue weighted by Crippen LogP contribution is -2.20. The highest BCUT2D eigenvalue weighted by atomic mass is 16.5. The summed E-state index contributed by atoms with van der Waals surface area (Å²) in [6.45, 7) is 4.44. The predicted octanol–water partition coefficient (Wildman–Crippen LogP) is 2.60. The second kappa shape index (κ2) is 5.61. The molecule has 0 aliphatic heterocycles. The number of aliphatic carboxylic acids is 1. The molecule has 2 rings (SSSR count). The number of hydrogen-bond donors (Lipinski definition) is 2. The highest BCUT2D eigenvalue weighted by Gasteiger charge is 2.23. The fourth-order valence-corrected chi connectivity index (χ4v) is 2.15. The number of benzene rings is 1. The Morgan fingerprint density at radius 3 is 2.53 bits per heavy atom. The van der Waals surface area contributed by atoms with E-state index in [1.54, 1.807) is 6.07 Å². The van der Waals surface area contributed by atoms with E-state index < -0.39 is 12.1 Å². The number of ether oxygens (including phenoxy) is 1. The predicted molar refractivity (Wildman–Crippen MR) is 71.3 cm³/mol. The maximum Gasteiger partial charge on any atom is 0.337 e. The summed E-state index contributed by atoms with van der Waals surface area (Å²) in [4.78, 5) is 10.9. The van der Waals surface area contributed by atoms with Crippen LogP contribution in [0.1, 0.15) is 42.1 Å². The molecule has 1 aromatic rings. The molecule has 1 aromatic carbocycles. The van der Waals surface area contributed by atoms with E-state index in [-0.39, 0.29) is 0 Å². The Bertz CT molecular complexity index is 477. The topological polar surface area (TPSA) is 66.8 Å². The van der Waals surface area contributed by atoms with E-state index in [0.717, 1.165) is 11.1 Å². The summed E-state index contributed by atoms with van der Waals surface area (Å²) in [5.41, 5.74) is 2.33. The molecular weight excluding hydrogens is 244 g/mol. The second-order valence-electron chi connectivity index (χ2n) is 5.32. The van der Waals surface area contributed by atoms with Crippen LogP contribution in [0.3, 0.4) is 0 Å². The summed E-state index contributed by atoms with van der Waals surface area (Å²) >= 11 is 0. The van der Waals surface area contributed by atoms with Crippen LogP contribution in [0.15, 0.2) is 12.1 Å². The molecule has 1 aliphatic carbocycles. The SMILES string of the molecule is Cc1cc(OCC2CCC2)c(C(O)C(=O)O)cc1C. The van der Waals surface area contributed by atoms with Crippen LogP contribution in [0.5, 0.6) is 5.75 Å². The summed E-state index contributed by atoms with van der Waals surface area (Å²) in [5.74, 6) is -0.196. The molecule has 1 fully saturated rings. The molecule has 1 atom stereocenters. The van der Waals surface area contributed by atoms with Gasteiger partial charge >= 0.3 is 5.97 Å². The first-order valence-electron chi connectivity index (χ1n) is 6.64. The molecule has 19 heavy (non-hydrogen) atoms. The molecule has 2 N–H and O–H groups in total. The molecule has 0 bridgehead atoms. The standard InChI is InChI=1S/C15H20O4/c1-9-6-12(14(16)15(17)18)13(7-10(9)2)19-8-11-4-3-5-11/h6-7,11,14,16H,3-5,8H2,1-2H3,(H,17,18). The number of carboxylic acid groups (broad SMARTS) is 1. The molecule has 104 valence electrons. The third-order valence-electron chi connectivity index (χ3n) is 3.85. The lowest BCUT2D eigenvalue weighted by Gasteiger charge is -2.26. The van der Waals surface area contributed by atoms with Gasteiger partial charge in [-0.3, -0.25) is 0 Å². The number of rotatable bonds is 5. The van der Waals surface area contributed by atoms with Gasteiger partial charge in [-0.1, -0.05) is 6.42 Å². The van der Waals surface area contributed by atoms with Crippen molar-refractivity contribution in [3.05, 3.63) is 28.8 Å². The van der Waals surface area contributed by atoms with Gasteiger partial charge in [0.2, 0.25) is 0 Å². The van der Waals surface area contributed by atoms with Crippen molar-refractivity contribution in [3.63, 3.8) is 0 Å². The number of hydrogen-bond acceptors (Lipinski definition) is 3. The zero-order valence-corrected chi connectivity index (χ0v) is 11.3. The lowest BCUT2D eigenvalue weighted by molar-refractivity contribution is -0.147. The minimum Gasteiger partial charge on any atom is -0.493 e. The number of aliphatic hydroxyl groups excluding tert-OH is 1. The minimum absolute atomic E-state index is 0.343. The van der Waals surface area contributed by atoms with Gasteiger partial charge in [0.1, 0.15) is 5.75 Å². The molecule has 1 unspecified atom stereocenters. The number of aryl methyl sites for hydroxylation is 2. The smallest absolute Gasteiger partial charge is 0.337 e. The molecule has 0 aromatic heterocycles. The van der Waals surface area contributed by atoms with Crippen molar-refractivity contribution in [2.45, 2.75) is 39.2 Å². The Labute approximate surface area is 113 Å². The molecular formula is C15H20O4. The second-order valence-corrected chi connectivity index (χ2v) is 5.32. The van der Waals surface area contributed by atoms with E-state index >= 15 is 0 Å². The van der Waals surface area contributed by atoms with Crippen molar-refractivity contribution in [1.82, 2.24) is 0 Å². The molecule has 0 saturated heterocycles. The van der Waals surface area contributed by atoms with Gasteiger partial charge in [0.05, 0.1) is 6.61 Å². The maximum absolute atomic E-state index is 10.9. The van der Waals surface area contributed by atoms with Gasteiger partial charge in [-0.25, -0.2) is 4.79 Å². The van der Waals surface area contributed by atoms with E-state index in [0.29, 0.717) is 23.8 Å². The van der Waals surface area contributed by atoms with Gasteiger partial charge in [-0.2, -0.15) is 0 Å². The molecule has 4 heteroatoms. The van der Waals surface area contributed by atoms with Gasteiger partial charge in [-0.15, -0.1) is 0 Å². The monoisotopic (exact) mass is 264 g/mol. The highest BCUT2D eigenvalue weighted by Crippen LogP contribution is 2.32. The maximum atomic E-state index is 10.9. The number of carboxylic acids is 1. The van der Waals surface area contributed by atoms with Crippen molar-refractivity contribution in [3.8, 4) is 5.75 Å². The van der Waals surface area contributed by atoms with Crippen molar-refractivity contribution in [1.29, 1.82) is 0 Å². The van der Waals surface area contributed by atoms with Gasteiger partial charge in [0, 0.05) is 5.56 Å². The van der Waals surface area contributed by atoms with Gasteiger partial charge in [-0.05, 0) is 55.9 Å². The highest BCUT2D eigenvalue weighted by molar-refractivity contribution is 5.75. The fraction of sp³-hybridized carbons (Fsp3) is 0.533. The molecule has 1 saturated carbocycles. The van der Waals surface area contributed by atoms with Crippen molar-refractivity contribution >= 4 is 5.97 Å². The normalized spacial score (nSPS) is 16.8. The fourth-order valence-electron chi connectivity index (χ4n) is 2.15. The Balaban J connectivity index is 2.22. The van der Waals surface area contributed by atoms with E-state index in [1.165, 1.54) is 19.3 Å². The minimum atomic E-state index is -1.53. The molecule has 4 nitrogen and oxygen atoms in total. The zero-order valence-electron chi connectivity index (χ0n) is 11.3. The van der Waals surface area contributed by atoms with Crippen LogP contribution in [0.25, 0.3) is 0 Å². The molecule has 0 radical (unpaired) electrons. The van der Waals surface area contributed by atoms with Crippen LogP contribution in [0, 0.1) is 19.8 Å². The van der Waals surface area contributed by atoms with Crippen LogP contribution < -0.4 is 4.74 Å². The molecule has 0 amide bonds. The largest absolute Gasteiger partial charge is 0.493 e. The quantitative estimate of drug-likeness (QED) is 0.857. The molecule has 0 heterocycles. The van der Waals surface area contributed by atoms with E-state index in [4.69, 9.17) is 9.84 Å². The summed E-state index contributed by atoms with van der Waals surface area (Å²) in [6, 6.07) is 3.51. The zero-order chi connectivity index (χ0) is 14.0. The van der Waals surface area contributed by atoms with Crippen LogP contribution >= 0.6 is 0 Å². The Morgan fingerprint density at radius 2 is 2.00 bits per heavy atom. The van der Waals surface area contributed by atoms with Crippen molar-refractivity contribution in [2.24, 2.45) is 5.92 Å². The van der Waals surface area contributed by atoms with Gasteiger partial charge < -0.3 is 14.9 Å². The Hall–Kier alpha value is -1.55. The Kier molecular flexibility index (Phi) is 4.10. The average Bonchev–Trinajstić information content (AvgIpc) is 2.30. The van der Waals surface area contributed by atoms with Crippen LogP contribution in [0.2, 0.25) is 0 Å². The summed E-state index contributed by atoms with van der Waals surface area (Å²) in [6.07, 6.45) is 2.05. The molecule has 1 aliphatic rings. The van der Waals surface area contributed by atoms with Crippen LogP contribution in [-0.4, -0.2) is 22.8 Å². The Morgan fingerprint density at radius 1 is 1.37 bits per heavy atom. The first-order chi connectivity index (χ1) is 8.99. The van der Waals surface area contributed by atoms with Crippen LogP contribution in [-0.2, 0) is 4.79 Å². The van der Waals surface area contributed by atoms with Gasteiger partial charge in [0.25, 0.3) is 0 Å². The van der Waals surface area contributed by atoms with Crippen molar-refractivity contribution < 1.29 is 19.7 Å². The lowest BCUT2D eigenvalue weighted by atomic mass is 9.86. The van der Waals surface area contributed by atoms with E-state index in [1.807, 2.05) is 19.9 Å². The first kappa shape index (κ1) is 13.9. The van der Waals surface area contributed by atoms with E-state index in [9.17, 15) is 9.90 Å². The summed E-state index contributed by atoms with van der Waals surface area (Å²) in [7, 11) is 0. The summed E-state index contributed by atoms with van der Waals surface area (Å²) < 4.78 is 5.72. The first-order valence-corrected chi connectivity index (χ1v) is 6.64. The van der Waals surface area contributed by atoms with Crippen molar-refractivity contribution in [2.75, 3.05) is 6.61 Å². The third kappa shape index (κ3) is 3.07. The summed E-state index contributed by atoms with van der Waals surface area (Å²) in [5, 5.41) is 18.7. The third-order valence-corrected chi connectivity index (χ3v) is 3.85. The average molecular weight is 264 g/mol. The van der Waals surface area contributed by atoms with Gasteiger partial charge in [0.15, 0.2) is 6.10 Å². The molecule has 0 spiro atoms. The van der Waals surface area contributed by atoms with Crippen LogP contribution in [0.4, 0.5) is 0 Å².